The molecule has 0 spiro atoms. The molecule has 2 heterocycles. The molecule has 0 saturated carbocycles. The summed E-state index contributed by atoms with van der Waals surface area (Å²) in [5.74, 6) is -1.57. The quantitative estimate of drug-likeness (QED) is 0.609. The van der Waals surface area contributed by atoms with Gasteiger partial charge in [-0.25, -0.2) is 18.5 Å². The first-order valence-electron chi connectivity index (χ1n) is 9.54. The van der Waals surface area contributed by atoms with E-state index < -0.39 is 64.0 Å². The van der Waals surface area contributed by atoms with Gasteiger partial charge in [0.25, 0.3) is 5.91 Å². The molecule has 1 aromatic carbocycles. The number of nitrogens with one attached hydrogen (secondary N) is 1. The Labute approximate surface area is 189 Å². The molecule has 3 N–H and O–H groups in total. The first-order valence-corrected chi connectivity index (χ1v) is 11.1. The Morgan fingerprint density at radius 1 is 1.18 bits per heavy atom. The molecule has 1 aliphatic heterocycles. The third-order valence-corrected chi connectivity index (χ3v) is 5.69. The largest absolute Gasteiger partial charge is 0.417 e. The van der Waals surface area contributed by atoms with Crippen molar-refractivity contribution in [3.63, 3.8) is 0 Å². The highest BCUT2D eigenvalue weighted by Crippen LogP contribution is 2.34. The number of alkyl halides is 6. The highest BCUT2D eigenvalue weighted by atomic mass is 32.2. The van der Waals surface area contributed by atoms with Crippen molar-refractivity contribution in [2.45, 2.75) is 36.4 Å². The predicted octanol–water partition coefficient (Wildman–Crippen LogP) is 3.16. The molecule has 1 aromatic heterocycles. The van der Waals surface area contributed by atoms with Crippen molar-refractivity contribution < 1.29 is 44.3 Å². The number of halogens is 6. The fourth-order valence-electron chi connectivity index (χ4n) is 3.29. The standard InChI is InChI=1S/C19H18F6N4O4S/c1-10-8-29(9-15(33-10)19(23,24)25)16-14(5-11(7-27-16)18(20,21)22)17(30)28-12-3-2-4-13(6-12)34(26,31)32/h2-7,10,15H,8-9H2,1H3,(H,28,30)(H2,26,31,32)/t10-,15-/m0/s1. The van der Waals surface area contributed by atoms with Gasteiger partial charge < -0.3 is 15.0 Å². The predicted molar refractivity (Wildman–Crippen MR) is 108 cm³/mol. The number of benzene rings is 1. The van der Waals surface area contributed by atoms with Crippen LogP contribution in [-0.2, 0) is 20.9 Å². The number of nitrogens with two attached hydrogens (primary N) is 1. The third kappa shape index (κ3) is 5.95. The van der Waals surface area contributed by atoms with Crippen LogP contribution < -0.4 is 15.4 Å². The molecule has 0 radical (unpaired) electrons. The van der Waals surface area contributed by atoms with Crippen molar-refractivity contribution in [1.82, 2.24) is 4.98 Å². The Balaban J connectivity index is 2.02. The van der Waals surface area contributed by atoms with Crippen LogP contribution in [0, 0.1) is 0 Å². The summed E-state index contributed by atoms with van der Waals surface area (Å²) >= 11 is 0. The zero-order valence-electron chi connectivity index (χ0n) is 17.3. The molecule has 1 aliphatic rings. The van der Waals surface area contributed by atoms with Gasteiger partial charge in [0, 0.05) is 18.4 Å². The molecule has 1 amide bonds. The summed E-state index contributed by atoms with van der Waals surface area (Å²) in [5.41, 5.74) is -2.08. The van der Waals surface area contributed by atoms with Crippen molar-refractivity contribution in [2.75, 3.05) is 23.3 Å². The second-order valence-electron chi connectivity index (χ2n) is 7.50. The molecule has 0 aliphatic carbocycles. The highest BCUT2D eigenvalue weighted by molar-refractivity contribution is 7.89. The van der Waals surface area contributed by atoms with E-state index in [9.17, 15) is 39.6 Å². The molecule has 186 valence electrons. The number of primary sulfonamides is 1. The van der Waals surface area contributed by atoms with Gasteiger partial charge in [0.1, 0.15) is 5.82 Å². The van der Waals surface area contributed by atoms with E-state index in [1.807, 2.05) is 0 Å². The van der Waals surface area contributed by atoms with Gasteiger partial charge in [-0.3, -0.25) is 4.79 Å². The SMILES string of the molecule is C[C@H]1CN(c2ncc(C(F)(F)F)cc2C(=O)Nc2cccc(S(N)(=O)=O)c2)C[C@@H](C(F)(F)F)O1. The van der Waals surface area contributed by atoms with Crippen LogP contribution in [0.2, 0.25) is 0 Å². The lowest BCUT2D eigenvalue weighted by atomic mass is 10.1. The first kappa shape index (κ1) is 25.7. The van der Waals surface area contributed by atoms with Crippen molar-refractivity contribution in [1.29, 1.82) is 0 Å². The van der Waals surface area contributed by atoms with Crippen LogP contribution >= 0.6 is 0 Å². The topological polar surface area (TPSA) is 115 Å². The molecule has 15 heteroatoms. The van der Waals surface area contributed by atoms with Gasteiger partial charge in [-0.2, -0.15) is 26.3 Å². The minimum absolute atomic E-state index is 0.122. The maximum atomic E-state index is 13.3. The van der Waals surface area contributed by atoms with E-state index in [4.69, 9.17) is 9.88 Å². The number of hydrogen-bond acceptors (Lipinski definition) is 6. The van der Waals surface area contributed by atoms with E-state index in [1.165, 1.54) is 19.1 Å². The van der Waals surface area contributed by atoms with Gasteiger partial charge in [0.2, 0.25) is 10.0 Å². The van der Waals surface area contributed by atoms with Crippen LogP contribution in [0.25, 0.3) is 0 Å². The number of sulfonamides is 1. The number of morpholine rings is 1. The monoisotopic (exact) mass is 512 g/mol. The lowest BCUT2D eigenvalue weighted by molar-refractivity contribution is -0.233. The lowest BCUT2D eigenvalue weighted by Crippen LogP contribution is -2.53. The fourth-order valence-corrected chi connectivity index (χ4v) is 3.85. The van der Waals surface area contributed by atoms with E-state index >= 15 is 0 Å². The lowest BCUT2D eigenvalue weighted by Gasteiger charge is -2.38. The van der Waals surface area contributed by atoms with Crippen LogP contribution in [0.4, 0.5) is 37.8 Å². The van der Waals surface area contributed by atoms with Crippen LogP contribution in [0.5, 0.6) is 0 Å². The zero-order valence-corrected chi connectivity index (χ0v) is 18.1. The number of nitrogens with zero attached hydrogens (tertiary/aromatic N) is 2. The highest BCUT2D eigenvalue weighted by Gasteiger charge is 2.46. The molecular weight excluding hydrogens is 494 g/mol. The van der Waals surface area contributed by atoms with Gasteiger partial charge in [-0.05, 0) is 31.2 Å². The molecule has 34 heavy (non-hydrogen) atoms. The van der Waals surface area contributed by atoms with Crippen LogP contribution in [0.1, 0.15) is 22.8 Å². The van der Waals surface area contributed by atoms with Crippen LogP contribution in [-0.4, -0.2) is 50.8 Å². The number of carbonyl (C=O) groups is 1. The smallest absolute Gasteiger partial charge is 0.362 e. The van der Waals surface area contributed by atoms with E-state index in [2.05, 4.69) is 10.3 Å². The van der Waals surface area contributed by atoms with Crippen molar-refractivity contribution in [2.24, 2.45) is 5.14 Å². The normalized spacial score (nSPS) is 19.7. The second kappa shape index (κ2) is 9.03. The van der Waals surface area contributed by atoms with Gasteiger partial charge in [-0.15, -0.1) is 0 Å². The summed E-state index contributed by atoms with van der Waals surface area (Å²) in [7, 11) is -4.14. The van der Waals surface area contributed by atoms with Gasteiger partial charge >= 0.3 is 12.4 Å². The summed E-state index contributed by atoms with van der Waals surface area (Å²) in [6, 6.07) is 5.06. The maximum absolute atomic E-state index is 13.3. The zero-order chi connectivity index (χ0) is 25.5. The molecule has 2 atom stereocenters. The number of ether oxygens (including phenoxy) is 1. The Hall–Kier alpha value is -2.91. The number of rotatable bonds is 4. The van der Waals surface area contributed by atoms with E-state index in [0.29, 0.717) is 12.3 Å². The summed E-state index contributed by atoms with van der Waals surface area (Å²) in [4.78, 5) is 17.2. The average molecular weight is 512 g/mol. The summed E-state index contributed by atoms with van der Waals surface area (Å²) in [6.07, 6.45) is -12.4. The minimum atomic E-state index is -4.89. The average Bonchev–Trinajstić information content (AvgIpc) is 2.71. The Morgan fingerprint density at radius 2 is 1.85 bits per heavy atom. The number of hydrogen-bond donors (Lipinski definition) is 2. The minimum Gasteiger partial charge on any atom is -0.362 e. The molecule has 2 aromatic rings. The summed E-state index contributed by atoms with van der Waals surface area (Å²) in [6.45, 7) is 0.368. The van der Waals surface area contributed by atoms with Gasteiger partial charge in [-0.1, -0.05) is 6.07 Å². The third-order valence-electron chi connectivity index (χ3n) is 4.78. The second-order valence-corrected chi connectivity index (χ2v) is 9.06. The van der Waals surface area contributed by atoms with Crippen molar-refractivity contribution in [3.05, 3.63) is 47.7 Å². The van der Waals surface area contributed by atoms with Crippen LogP contribution in [0.15, 0.2) is 41.4 Å². The van der Waals surface area contributed by atoms with Gasteiger partial charge in [0.15, 0.2) is 6.10 Å². The fraction of sp³-hybridized carbons (Fsp3) is 0.368. The van der Waals surface area contributed by atoms with E-state index in [1.54, 1.807) is 0 Å². The first-order chi connectivity index (χ1) is 15.6. The van der Waals surface area contributed by atoms with E-state index in [-0.39, 0.29) is 17.1 Å². The Kier molecular flexibility index (Phi) is 6.83. The number of anilines is 2. The molecular formula is C19H18F6N4O4S. The molecule has 8 nitrogen and oxygen atoms in total. The maximum Gasteiger partial charge on any atom is 0.417 e. The Bertz CT molecular complexity index is 1190. The number of amides is 1. The Morgan fingerprint density at radius 3 is 2.44 bits per heavy atom. The number of carbonyl (C=O) groups excluding carboxylic acids is 1. The molecule has 0 unspecified atom stereocenters. The van der Waals surface area contributed by atoms with Gasteiger partial charge in [0.05, 0.1) is 28.7 Å². The van der Waals surface area contributed by atoms with Crippen molar-refractivity contribution >= 4 is 27.4 Å². The molecule has 0 bridgehead atoms. The molecule has 1 fully saturated rings. The summed E-state index contributed by atoms with van der Waals surface area (Å²) in [5, 5.41) is 7.27. The van der Waals surface area contributed by atoms with Crippen molar-refractivity contribution in [3.8, 4) is 0 Å². The molecule has 3 rings (SSSR count). The number of pyridine rings is 1. The number of aromatic nitrogens is 1. The summed E-state index contributed by atoms with van der Waals surface area (Å²) < 4.78 is 107. The van der Waals surface area contributed by atoms with E-state index in [0.717, 1.165) is 17.0 Å². The molecule has 1 saturated heterocycles. The van der Waals surface area contributed by atoms with Crippen LogP contribution in [0.3, 0.4) is 0 Å².